The molecule has 0 aromatic heterocycles. The lowest BCUT2D eigenvalue weighted by atomic mass is 9.90. The fourth-order valence-electron chi connectivity index (χ4n) is 2.30. The first-order valence-electron chi connectivity index (χ1n) is 6.89. The molecule has 1 aromatic rings. The normalized spacial score (nSPS) is 14.5. The number of nitrogens with one attached hydrogen (secondary N) is 1. The Bertz CT molecular complexity index is 362. The van der Waals surface area contributed by atoms with Gasteiger partial charge in [-0.15, -0.1) is 0 Å². The van der Waals surface area contributed by atoms with Crippen LogP contribution in [0.1, 0.15) is 43.0 Å². The molecule has 0 radical (unpaired) electrons. The molecule has 0 saturated heterocycles. The van der Waals surface area contributed by atoms with Crippen molar-refractivity contribution >= 4 is 0 Å². The molecule has 0 heterocycles. The SMILES string of the molecule is CCNC(c1ccc(C)c(C)c1)C(C)CCOC. The Labute approximate surface area is 112 Å². The van der Waals surface area contributed by atoms with Crippen LogP contribution in [0.15, 0.2) is 18.2 Å². The van der Waals surface area contributed by atoms with Crippen molar-refractivity contribution in [2.45, 2.75) is 40.2 Å². The van der Waals surface area contributed by atoms with Crippen LogP contribution < -0.4 is 5.32 Å². The highest BCUT2D eigenvalue weighted by Gasteiger charge is 2.18. The molecule has 0 spiro atoms. The summed E-state index contributed by atoms with van der Waals surface area (Å²) in [6.45, 7) is 10.6. The second kappa shape index (κ2) is 7.55. The first-order valence-corrected chi connectivity index (χ1v) is 6.89. The minimum Gasteiger partial charge on any atom is -0.385 e. The van der Waals surface area contributed by atoms with E-state index in [0.717, 1.165) is 19.6 Å². The summed E-state index contributed by atoms with van der Waals surface area (Å²) in [5, 5.41) is 3.60. The molecule has 0 fully saturated rings. The van der Waals surface area contributed by atoms with E-state index in [1.807, 2.05) is 0 Å². The number of ether oxygens (including phenoxy) is 1. The molecule has 0 aliphatic heterocycles. The highest BCUT2D eigenvalue weighted by Crippen LogP contribution is 2.26. The summed E-state index contributed by atoms with van der Waals surface area (Å²) in [6, 6.07) is 7.20. The largest absolute Gasteiger partial charge is 0.385 e. The zero-order chi connectivity index (χ0) is 13.5. The van der Waals surface area contributed by atoms with Gasteiger partial charge in [-0.05, 0) is 49.4 Å². The lowest BCUT2D eigenvalue weighted by Crippen LogP contribution is -2.27. The van der Waals surface area contributed by atoms with Gasteiger partial charge in [0.2, 0.25) is 0 Å². The Morgan fingerprint density at radius 3 is 2.50 bits per heavy atom. The fraction of sp³-hybridized carbons (Fsp3) is 0.625. The molecule has 102 valence electrons. The van der Waals surface area contributed by atoms with Crippen molar-refractivity contribution in [1.29, 1.82) is 0 Å². The topological polar surface area (TPSA) is 21.3 Å². The average Bonchev–Trinajstić information content (AvgIpc) is 2.36. The van der Waals surface area contributed by atoms with E-state index in [-0.39, 0.29) is 0 Å². The molecule has 0 aliphatic rings. The van der Waals surface area contributed by atoms with Gasteiger partial charge >= 0.3 is 0 Å². The zero-order valence-electron chi connectivity index (χ0n) is 12.4. The van der Waals surface area contributed by atoms with Crippen LogP contribution in [-0.2, 0) is 4.74 Å². The van der Waals surface area contributed by atoms with Crippen LogP contribution in [0.25, 0.3) is 0 Å². The molecule has 18 heavy (non-hydrogen) atoms. The van der Waals surface area contributed by atoms with E-state index >= 15 is 0 Å². The number of methoxy groups -OCH3 is 1. The van der Waals surface area contributed by atoms with Gasteiger partial charge in [-0.1, -0.05) is 32.0 Å². The van der Waals surface area contributed by atoms with E-state index in [1.54, 1.807) is 7.11 Å². The maximum absolute atomic E-state index is 5.19. The molecule has 0 saturated carbocycles. The summed E-state index contributed by atoms with van der Waals surface area (Å²) in [4.78, 5) is 0. The summed E-state index contributed by atoms with van der Waals surface area (Å²) in [7, 11) is 1.77. The fourth-order valence-corrected chi connectivity index (χ4v) is 2.30. The minimum atomic E-state index is 0.421. The molecule has 1 N–H and O–H groups in total. The number of aryl methyl sites for hydroxylation is 2. The van der Waals surface area contributed by atoms with Gasteiger partial charge in [-0.25, -0.2) is 0 Å². The highest BCUT2D eigenvalue weighted by atomic mass is 16.5. The molecule has 2 nitrogen and oxygen atoms in total. The van der Waals surface area contributed by atoms with Gasteiger partial charge in [0, 0.05) is 19.8 Å². The third-order valence-electron chi connectivity index (χ3n) is 3.66. The summed E-state index contributed by atoms with van der Waals surface area (Å²) in [6.07, 6.45) is 1.08. The summed E-state index contributed by atoms with van der Waals surface area (Å²) < 4.78 is 5.19. The molecule has 0 bridgehead atoms. The van der Waals surface area contributed by atoms with Crippen molar-refractivity contribution in [3.63, 3.8) is 0 Å². The third kappa shape index (κ3) is 4.11. The van der Waals surface area contributed by atoms with Crippen LogP contribution in [-0.4, -0.2) is 20.3 Å². The van der Waals surface area contributed by atoms with E-state index in [0.29, 0.717) is 12.0 Å². The van der Waals surface area contributed by atoms with Gasteiger partial charge in [0.1, 0.15) is 0 Å². The molecular weight excluding hydrogens is 222 g/mol. The summed E-state index contributed by atoms with van der Waals surface area (Å²) in [5.41, 5.74) is 4.12. The van der Waals surface area contributed by atoms with E-state index in [9.17, 15) is 0 Å². The van der Waals surface area contributed by atoms with Crippen LogP contribution in [0, 0.1) is 19.8 Å². The molecule has 1 aromatic carbocycles. The van der Waals surface area contributed by atoms with E-state index in [2.05, 4.69) is 51.2 Å². The van der Waals surface area contributed by atoms with Crippen molar-refractivity contribution in [2.24, 2.45) is 5.92 Å². The highest BCUT2D eigenvalue weighted by molar-refractivity contribution is 5.32. The summed E-state index contributed by atoms with van der Waals surface area (Å²) >= 11 is 0. The first kappa shape index (κ1) is 15.2. The molecule has 1 rings (SSSR count). The van der Waals surface area contributed by atoms with Crippen LogP contribution in [0.3, 0.4) is 0 Å². The van der Waals surface area contributed by atoms with E-state index in [1.165, 1.54) is 16.7 Å². The summed E-state index contributed by atoms with van der Waals surface area (Å²) in [5.74, 6) is 0.576. The van der Waals surface area contributed by atoms with Gasteiger partial charge < -0.3 is 10.1 Å². The van der Waals surface area contributed by atoms with Crippen molar-refractivity contribution in [1.82, 2.24) is 5.32 Å². The Balaban J connectivity index is 2.85. The second-order valence-corrected chi connectivity index (χ2v) is 5.14. The zero-order valence-corrected chi connectivity index (χ0v) is 12.4. The van der Waals surface area contributed by atoms with E-state index < -0.39 is 0 Å². The molecule has 2 unspecified atom stereocenters. The standard InChI is InChI=1S/C16H27NO/c1-6-17-16(13(3)9-10-18-5)15-8-7-12(2)14(4)11-15/h7-8,11,13,16-17H,6,9-10H2,1-5H3. The van der Waals surface area contributed by atoms with Gasteiger partial charge in [0.15, 0.2) is 0 Å². The number of hydrogen-bond acceptors (Lipinski definition) is 2. The van der Waals surface area contributed by atoms with Gasteiger partial charge in [-0.3, -0.25) is 0 Å². The average molecular weight is 249 g/mol. The van der Waals surface area contributed by atoms with E-state index in [4.69, 9.17) is 4.74 Å². The maximum Gasteiger partial charge on any atom is 0.0465 e. The van der Waals surface area contributed by atoms with Gasteiger partial charge in [-0.2, -0.15) is 0 Å². The number of hydrogen-bond donors (Lipinski definition) is 1. The van der Waals surface area contributed by atoms with Crippen molar-refractivity contribution in [3.8, 4) is 0 Å². The van der Waals surface area contributed by atoms with Gasteiger partial charge in [0.05, 0.1) is 0 Å². The quantitative estimate of drug-likeness (QED) is 0.797. The smallest absolute Gasteiger partial charge is 0.0465 e. The predicted molar refractivity (Wildman–Crippen MR) is 78.0 cm³/mol. The maximum atomic E-state index is 5.19. The molecule has 2 heteroatoms. The Kier molecular flexibility index (Phi) is 6.37. The number of rotatable bonds is 7. The minimum absolute atomic E-state index is 0.421. The van der Waals surface area contributed by atoms with Crippen LogP contribution in [0.4, 0.5) is 0 Å². The predicted octanol–water partition coefficient (Wildman–Crippen LogP) is 3.63. The first-order chi connectivity index (χ1) is 8.60. The van der Waals surface area contributed by atoms with Crippen molar-refractivity contribution in [3.05, 3.63) is 34.9 Å². The number of benzene rings is 1. The monoisotopic (exact) mass is 249 g/mol. The molecule has 2 atom stereocenters. The Morgan fingerprint density at radius 1 is 1.22 bits per heavy atom. The lowest BCUT2D eigenvalue weighted by molar-refractivity contribution is 0.170. The Hall–Kier alpha value is -0.860. The third-order valence-corrected chi connectivity index (χ3v) is 3.66. The lowest BCUT2D eigenvalue weighted by Gasteiger charge is -2.26. The van der Waals surface area contributed by atoms with Crippen LogP contribution >= 0.6 is 0 Å². The van der Waals surface area contributed by atoms with Crippen molar-refractivity contribution in [2.75, 3.05) is 20.3 Å². The van der Waals surface area contributed by atoms with Crippen molar-refractivity contribution < 1.29 is 4.74 Å². The molecule has 0 aliphatic carbocycles. The molecular formula is C16H27NO. The van der Waals surface area contributed by atoms with Crippen LogP contribution in [0.2, 0.25) is 0 Å². The Morgan fingerprint density at radius 2 is 1.94 bits per heavy atom. The molecule has 0 amide bonds. The second-order valence-electron chi connectivity index (χ2n) is 5.14. The van der Waals surface area contributed by atoms with Gasteiger partial charge in [0.25, 0.3) is 0 Å². The van der Waals surface area contributed by atoms with Crippen LogP contribution in [0.5, 0.6) is 0 Å².